The van der Waals surface area contributed by atoms with Gasteiger partial charge in [-0.15, -0.1) is 0 Å². The minimum atomic E-state index is 0.445. The molecule has 4 heteroatoms. The number of ether oxygens (including phenoxy) is 2. The maximum absolute atomic E-state index is 6.08. The maximum atomic E-state index is 6.08. The summed E-state index contributed by atoms with van der Waals surface area (Å²) >= 11 is 3.70. The van der Waals surface area contributed by atoms with Crippen molar-refractivity contribution in [3.8, 4) is 11.5 Å². The summed E-state index contributed by atoms with van der Waals surface area (Å²) in [5.41, 5.74) is 2.77. The van der Waals surface area contributed by atoms with Gasteiger partial charge >= 0.3 is 0 Å². The van der Waals surface area contributed by atoms with E-state index in [9.17, 15) is 0 Å². The number of hydrogen-bond donors (Lipinski definition) is 1. The van der Waals surface area contributed by atoms with Crippen LogP contribution in [-0.2, 0) is 6.42 Å². The van der Waals surface area contributed by atoms with Crippen LogP contribution in [0.15, 0.2) is 10.5 Å². The number of hydrogen-bond acceptors (Lipinski definition) is 3. The molecule has 122 valence electrons. The van der Waals surface area contributed by atoms with Gasteiger partial charge in [0.1, 0.15) is 0 Å². The summed E-state index contributed by atoms with van der Waals surface area (Å²) in [6.45, 7) is 8.28. The van der Waals surface area contributed by atoms with E-state index in [1.54, 1.807) is 0 Å². The van der Waals surface area contributed by atoms with Crippen LogP contribution < -0.4 is 14.8 Å². The lowest BCUT2D eigenvalue weighted by atomic mass is 9.86. The molecule has 0 aromatic heterocycles. The van der Waals surface area contributed by atoms with Crippen LogP contribution in [-0.4, -0.2) is 26.3 Å². The first kappa shape index (κ1) is 16.1. The van der Waals surface area contributed by atoms with E-state index < -0.39 is 0 Å². The summed E-state index contributed by atoms with van der Waals surface area (Å²) in [6.07, 6.45) is 4.62. The van der Waals surface area contributed by atoms with Crippen molar-refractivity contribution in [2.45, 2.75) is 45.4 Å². The fourth-order valence-corrected chi connectivity index (χ4v) is 4.13. The highest BCUT2D eigenvalue weighted by atomic mass is 79.9. The van der Waals surface area contributed by atoms with Crippen molar-refractivity contribution in [2.24, 2.45) is 5.92 Å². The third kappa shape index (κ3) is 3.43. The molecular weight excluding hydrogens is 342 g/mol. The SMILES string of the molecule is CC(C)c1c(CC2CCNCC2)cc(Br)c2c1OCCCO2. The predicted molar refractivity (Wildman–Crippen MR) is 93.1 cm³/mol. The first-order chi connectivity index (χ1) is 10.7. The molecule has 1 aromatic carbocycles. The van der Waals surface area contributed by atoms with E-state index >= 15 is 0 Å². The molecule has 0 saturated carbocycles. The van der Waals surface area contributed by atoms with Crippen LogP contribution >= 0.6 is 15.9 Å². The molecule has 0 bridgehead atoms. The highest BCUT2D eigenvalue weighted by Gasteiger charge is 2.25. The van der Waals surface area contributed by atoms with E-state index in [2.05, 4.69) is 41.2 Å². The summed E-state index contributed by atoms with van der Waals surface area (Å²) in [7, 11) is 0. The Hall–Kier alpha value is -0.740. The third-order valence-electron chi connectivity index (χ3n) is 4.64. The lowest BCUT2D eigenvalue weighted by Crippen LogP contribution is -2.29. The van der Waals surface area contributed by atoms with Crippen LogP contribution in [0, 0.1) is 5.92 Å². The average Bonchev–Trinajstić information content (AvgIpc) is 2.74. The fourth-order valence-electron chi connectivity index (χ4n) is 3.56. The van der Waals surface area contributed by atoms with Crippen molar-refractivity contribution in [1.82, 2.24) is 5.32 Å². The molecule has 0 atom stereocenters. The summed E-state index contributed by atoms with van der Waals surface area (Å²) in [5.74, 6) is 3.09. The lowest BCUT2D eigenvalue weighted by Gasteiger charge is -2.26. The molecular formula is C18H26BrNO2. The molecule has 3 rings (SSSR count). The molecule has 1 N–H and O–H groups in total. The first-order valence-electron chi connectivity index (χ1n) is 8.48. The Labute approximate surface area is 141 Å². The zero-order valence-corrected chi connectivity index (χ0v) is 15.2. The van der Waals surface area contributed by atoms with Crippen LogP contribution in [0.5, 0.6) is 11.5 Å². The molecule has 0 spiro atoms. The molecule has 2 aliphatic heterocycles. The van der Waals surface area contributed by atoms with E-state index in [-0.39, 0.29) is 0 Å². The highest BCUT2D eigenvalue weighted by Crippen LogP contribution is 2.45. The highest BCUT2D eigenvalue weighted by molar-refractivity contribution is 9.10. The normalized spacial score (nSPS) is 19.3. The monoisotopic (exact) mass is 367 g/mol. The Bertz CT molecular complexity index is 524. The molecule has 2 aliphatic rings. The molecule has 3 nitrogen and oxygen atoms in total. The lowest BCUT2D eigenvalue weighted by molar-refractivity contribution is 0.295. The van der Waals surface area contributed by atoms with Gasteiger partial charge in [0.15, 0.2) is 11.5 Å². The van der Waals surface area contributed by atoms with E-state index in [1.807, 2.05) is 0 Å². The minimum absolute atomic E-state index is 0.445. The second-order valence-electron chi connectivity index (χ2n) is 6.69. The van der Waals surface area contributed by atoms with Crippen molar-refractivity contribution < 1.29 is 9.47 Å². The molecule has 1 fully saturated rings. The van der Waals surface area contributed by atoms with Crippen LogP contribution in [0.25, 0.3) is 0 Å². The number of piperidine rings is 1. The molecule has 22 heavy (non-hydrogen) atoms. The Kier molecular flexibility index (Phi) is 5.29. The zero-order chi connectivity index (χ0) is 15.5. The Morgan fingerprint density at radius 3 is 2.55 bits per heavy atom. The summed E-state index contributed by atoms with van der Waals surface area (Å²) in [4.78, 5) is 0. The van der Waals surface area contributed by atoms with Crippen molar-refractivity contribution in [1.29, 1.82) is 0 Å². The largest absolute Gasteiger partial charge is 0.489 e. The number of rotatable bonds is 3. The van der Waals surface area contributed by atoms with Gasteiger partial charge in [0.25, 0.3) is 0 Å². The van der Waals surface area contributed by atoms with Gasteiger partial charge < -0.3 is 14.8 Å². The van der Waals surface area contributed by atoms with E-state index in [0.717, 1.165) is 61.0 Å². The van der Waals surface area contributed by atoms with Crippen molar-refractivity contribution in [2.75, 3.05) is 26.3 Å². The van der Waals surface area contributed by atoms with Crippen molar-refractivity contribution in [3.63, 3.8) is 0 Å². The number of fused-ring (bicyclic) bond motifs is 1. The van der Waals surface area contributed by atoms with Crippen LogP contribution in [0.2, 0.25) is 0 Å². The number of nitrogens with one attached hydrogen (secondary N) is 1. The van der Waals surface area contributed by atoms with Gasteiger partial charge in [-0.1, -0.05) is 13.8 Å². The molecule has 0 aliphatic carbocycles. The van der Waals surface area contributed by atoms with Gasteiger partial charge in [-0.25, -0.2) is 0 Å². The van der Waals surface area contributed by atoms with Crippen LogP contribution in [0.3, 0.4) is 0 Å². The molecule has 1 aromatic rings. The van der Waals surface area contributed by atoms with Crippen molar-refractivity contribution >= 4 is 15.9 Å². The Morgan fingerprint density at radius 1 is 1.18 bits per heavy atom. The zero-order valence-electron chi connectivity index (χ0n) is 13.6. The second-order valence-corrected chi connectivity index (χ2v) is 7.55. The topological polar surface area (TPSA) is 30.5 Å². The standard InChI is InChI=1S/C18H26BrNO2/c1-12(2)16-14(10-13-4-6-20-7-5-13)11-15(19)17-18(16)22-9-3-8-21-17/h11-13,20H,3-10H2,1-2H3. The molecule has 0 radical (unpaired) electrons. The summed E-state index contributed by atoms with van der Waals surface area (Å²) in [6, 6.07) is 2.27. The smallest absolute Gasteiger partial charge is 0.175 e. The summed E-state index contributed by atoms with van der Waals surface area (Å²) < 4.78 is 13.1. The minimum Gasteiger partial charge on any atom is -0.489 e. The van der Waals surface area contributed by atoms with Crippen LogP contribution in [0.1, 0.15) is 50.2 Å². The van der Waals surface area contributed by atoms with Crippen LogP contribution in [0.4, 0.5) is 0 Å². The van der Waals surface area contributed by atoms with Gasteiger partial charge in [0.2, 0.25) is 0 Å². The van der Waals surface area contributed by atoms with Gasteiger partial charge in [0.05, 0.1) is 17.7 Å². The second kappa shape index (κ2) is 7.22. The summed E-state index contributed by atoms with van der Waals surface area (Å²) in [5, 5.41) is 3.45. The quantitative estimate of drug-likeness (QED) is 0.864. The fraction of sp³-hybridized carbons (Fsp3) is 0.667. The predicted octanol–water partition coefficient (Wildman–Crippen LogP) is 4.28. The van der Waals surface area contributed by atoms with Crippen molar-refractivity contribution in [3.05, 3.63) is 21.7 Å². The average molecular weight is 368 g/mol. The third-order valence-corrected chi connectivity index (χ3v) is 5.23. The first-order valence-corrected chi connectivity index (χ1v) is 9.27. The number of halogens is 1. The maximum Gasteiger partial charge on any atom is 0.175 e. The molecule has 0 unspecified atom stereocenters. The molecule has 0 amide bonds. The van der Waals surface area contributed by atoms with Gasteiger partial charge in [-0.3, -0.25) is 0 Å². The Morgan fingerprint density at radius 2 is 1.86 bits per heavy atom. The Balaban J connectivity index is 1.97. The van der Waals surface area contributed by atoms with E-state index in [4.69, 9.17) is 9.47 Å². The molecule has 2 heterocycles. The van der Waals surface area contributed by atoms with Gasteiger partial charge in [-0.2, -0.15) is 0 Å². The van der Waals surface area contributed by atoms with E-state index in [1.165, 1.54) is 24.0 Å². The van der Waals surface area contributed by atoms with E-state index in [0.29, 0.717) is 5.92 Å². The number of benzene rings is 1. The molecule has 1 saturated heterocycles. The van der Waals surface area contributed by atoms with Gasteiger partial charge in [0, 0.05) is 12.0 Å². The van der Waals surface area contributed by atoms with Gasteiger partial charge in [-0.05, 0) is 71.7 Å².